The second-order valence-corrected chi connectivity index (χ2v) is 7.94. The minimum Gasteiger partial charge on any atom is -0.497 e. The van der Waals surface area contributed by atoms with Crippen LogP contribution >= 0.6 is 0 Å². The summed E-state index contributed by atoms with van der Waals surface area (Å²) in [5.41, 5.74) is 1.24. The van der Waals surface area contributed by atoms with Gasteiger partial charge in [-0.05, 0) is 50.2 Å². The number of nitrogens with one attached hydrogen (secondary N) is 1. The van der Waals surface area contributed by atoms with Crippen LogP contribution in [0.5, 0.6) is 5.75 Å². The predicted octanol–water partition coefficient (Wildman–Crippen LogP) is 2.85. The summed E-state index contributed by atoms with van der Waals surface area (Å²) in [5, 5.41) is 3.42. The molecule has 1 saturated heterocycles. The van der Waals surface area contributed by atoms with Gasteiger partial charge in [-0.2, -0.15) is 0 Å². The van der Waals surface area contributed by atoms with Gasteiger partial charge in [-0.15, -0.1) is 0 Å². The summed E-state index contributed by atoms with van der Waals surface area (Å²) in [5.74, 6) is 3.30. The van der Waals surface area contributed by atoms with Crippen molar-refractivity contribution >= 4 is 11.6 Å². The Morgan fingerprint density at radius 2 is 2.14 bits per heavy atom. The van der Waals surface area contributed by atoms with Gasteiger partial charge in [-0.25, -0.2) is 0 Å². The number of aliphatic imine (C=N–C) groups is 1. The van der Waals surface area contributed by atoms with Gasteiger partial charge in [0.15, 0.2) is 5.96 Å². The SMILES string of the molecule is CCNC(=NCC1CCN(c2cccc(OC)c2)C1)N(C)CCOCC1CC1. The molecule has 2 aliphatic rings. The van der Waals surface area contributed by atoms with Crippen molar-refractivity contribution in [2.24, 2.45) is 16.8 Å². The minimum atomic E-state index is 0.583. The van der Waals surface area contributed by atoms with Gasteiger partial charge in [0.1, 0.15) is 5.75 Å². The van der Waals surface area contributed by atoms with Gasteiger partial charge >= 0.3 is 0 Å². The third kappa shape index (κ3) is 6.30. The zero-order chi connectivity index (χ0) is 19.8. The van der Waals surface area contributed by atoms with Crippen LogP contribution in [0, 0.1) is 11.8 Å². The van der Waals surface area contributed by atoms with Crippen molar-refractivity contribution in [3.63, 3.8) is 0 Å². The number of ether oxygens (including phenoxy) is 2. The van der Waals surface area contributed by atoms with E-state index in [9.17, 15) is 0 Å². The fourth-order valence-corrected chi connectivity index (χ4v) is 3.55. The van der Waals surface area contributed by atoms with E-state index in [2.05, 4.69) is 47.3 Å². The van der Waals surface area contributed by atoms with Crippen LogP contribution in [0.1, 0.15) is 26.2 Å². The van der Waals surface area contributed by atoms with E-state index in [1.165, 1.54) is 24.9 Å². The highest BCUT2D eigenvalue weighted by Crippen LogP contribution is 2.29. The summed E-state index contributed by atoms with van der Waals surface area (Å²) in [4.78, 5) is 9.53. The first-order valence-electron chi connectivity index (χ1n) is 10.7. The van der Waals surface area contributed by atoms with Crippen LogP contribution in [0.25, 0.3) is 0 Å². The monoisotopic (exact) mass is 388 g/mol. The number of benzene rings is 1. The molecule has 0 radical (unpaired) electrons. The van der Waals surface area contributed by atoms with Crippen molar-refractivity contribution in [3.05, 3.63) is 24.3 Å². The molecule has 1 aromatic rings. The number of hydrogen-bond donors (Lipinski definition) is 1. The van der Waals surface area contributed by atoms with Gasteiger partial charge in [-0.1, -0.05) is 6.07 Å². The fraction of sp³-hybridized carbons (Fsp3) is 0.682. The Balaban J connectivity index is 1.46. The lowest BCUT2D eigenvalue weighted by atomic mass is 10.1. The summed E-state index contributed by atoms with van der Waals surface area (Å²) in [6.45, 7) is 8.54. The lowest BCUT2D eigenvalue weighted by molar-refractivity contribution is 0.115. The number of methoxy groups -OCH3 is 1. The molecule has 2 fully saturated rings. The van der Waals surface area contributed by atoms with Crippen LogP contribution < -0.4 is 15.0 Å². The van der Waals surface area contributed by atoms with E-state index in [0.29, 0.717) is 5.92 Å². The van der Waals surface area contributed by atoms with Gasteiger partial charge in [0.25, 0.3) is 0 Å². The zero-order valence-corrected chi connectivity index (χ0v) is 17.7. The van der Waals surface area contributed by atoms with Crippen LogP contribution in [0.2, 0.25) is 0 Å². The van der Waals surface area contributed by atoms with Gasteiger partial charge in [0.2, 0.25) is 0 Å². The average Bonchev–Trinajstić information content (AvgIpc) is 3.43. The van der Waals surface area contributed by atoms with Crippen molar-refractivity contribution < 1.29 is 9.47 Å². The molecule has 1 aromatic carbocycles. The molecular formula is C22H36N4O2. The Kier molecular flexibility index (Phi) is 7.83. The number of rotatable bonds is 10. The summed E-state index contributed by atoms with van der Waals surface area (Å²) in [6.07, 6.45) is 3.86. The smallest absolute Gasteiger partial charge is 0.193 e. The van der Waals surface area contributed by atoms with Crippen molar-refractivity contribution in [2.75, 3.05) is 65.0 Å². The maximum absolute atomic E-state index is 5.78. The molecule has 1 aliphatic carbocycles. The van der Waals surface area contributed by atoms with Gasteiger partial charge in [0.05, 0.1) is 13.7 Å². The highest BCUT2D eigenvalue weighted by Gasteiger charge is 2.23. The van der Waals surface area contributed by atoms with Crippen LogP contribution in [0.15, 0.2) is 29.3 Å². The molecule has 6 heteroatoms. The van der Waals surface area contributed by atoms with Crippen molar-refractivity contribution in [1.82, 2.24) is 10.2 Å². The second kappa shape index (κ2) is 10.6. The first kappa shape index (κ1) is 20.8. The number of guanidine groups is 1. The molecule has 0 spiro atoms. The maximum atomic E-state index is 5.78. The molecule has 1 aliphatic heterocycles. The molecule has 0 aromatic heterocycles. The predicted molar refractivity (Wildman–Crippen MR) is 115 cm³/mol. The number of anilines is 1. The van der Waals surface area contributed by atoms with E-state index in [1.54, 1.807) is 7.11 Å². The first-order chi connectivity index (χ1) is 13.7. The van der Waals surface area contributed by atoms with E-state index in [4.69, 9.17) is 14.5 Å². The summed E-state index contributed by atoms with van der Waals surface area (Å²) in [6, 6.07) is 8.33. The van der Waals surface area contributed by atoms with E-state index < -0.39 is 0 Å². The Hall–Kier alpha value is -1.95. The first-order valence-corrected chi connectivity index (χ1v) is 10.7. The molecule has 0 amide bonds. The van der Waals surface area contributed by atoms with Crippen molar-refractivity contribution in [3.8, 4) is 5.75 Å². The Morgan fingerprint density at radius 3 is 2.89 bits per heavy atom. The zero-order valence-electron chi connectivity index (χ0n) is 17.7. The molecule has 1 saturated carbocycles. The van der Waals surface area contributed by atoms with Crippen LogP contribution in [0.3, 0.4) is 0 Å². The summed E-state index contributed by atoms with van der Waals surface area (Å²) >= 11 is 0. The van der Waals surface area contributed by atoms with E-state index >= 15 is 0 Å². The highest BCUT2D eigenvalue weighted by molar-refractivity contribution is 5.79. The molecule has 156 valence electrons. The van der Waals surface area contributed by atoms with Crippen LogP contribution in [-0.2, 0) is 4.74 Å². The van der Waals surface area contributed by atoms with Gasteiger partial charge in [-0.3, -0.25) is 4.99 Å². The number of hydrogen-bond acceptors (Lipinski definition) is 4. The topological polar surface area (TPSA) is 49.3 Å². The fourth-order valence-electron chi connectivity index (χ4n) is 3.55. The molecule has 28 heavy (non-hydrogen) atoms. The highest BCUT2D eigenvalue weighted by atomic mass is 16.5. The molecule has 3 rings (SSSR count). The average molecular weight is 389 g/mol. The standard InChI is InChI=1S/C22H36N4O2/c1-4-23-22(25(2)12-13-28-17-18-8-9-18)24-15-19-10-11-26(16-19)20-6-5-7-21(14-20)27-3/h5-7,14,18-19H,4,8-13,15-17H2,1-3H3,(H,23,24). The van der Waals surface area contributed by atoms with E-state index in [0.717, 1.165) is 63.6 Å². The van der Waals surface area contributed by atoms with Crippen LogP contribution in [-0.4, -0.2) is 71.0 Å². The Bertz CT molecular complexity index is 633. The number of nitrogens with zero attached hydrogens (tertiary/aromatic N) is 3. The quantitative estimate of drug-likeness (QED) is 0.379. The maximum Gasteiger partial charge on any atom is 0.193 e. The summed E-state index contributed by atoms with van der Waals surface area (Å²) in [7, 11) is 3.82. The van der Waals surface area contributed by atoms with Crippen molar-refractivity contribution in [2.45, 2.75) is 26.2 Å². The van der Waals surface area contributed by atoms with Crippen LogP contribution in [0.4, 0.5) is 5.69 Å². The van der Waals surface area contributed by atoms with E-state index in [1.807, 2.05) is 6.07 Å². The molecule has 6 nitrogen and oxygen atoms in total. The molecule has 1 unspecified atom stereocenters. The lowest BCUT2D eigenvalue weighted by Gasteiger charge is -2.23. The molecule has 1 heterocycles. The second-order valence-electron chi connectivity index (χ2n) is 7.94. The molecule has 0 bridgehead atoms. The van der Waals surface area contributed by atoms with Crippen molar-refractivity contribution in [1.29, 1.82) is 0 Å². The Morgan fingerprint density at radius 1 is 1.29 bits per heavy atom. The van der Waals surface area contributed by atoms with E-state index in [-0.39, 0.29) is 0 Å². The minimum absolute atomic E-state index is 0.583. The molecule has 1 N–H and O–H groups in total. The molecular weight excluding hydrogens is 352 g/mol. The molecule has 1 atom stereocenters. The summed E-state index contributed by atoms with van der Waals surface area (Å²) < 4.78 is 11.1. The van der Waals surface area contributed by atoms with Gasteiger partial charge in [0, 0.05) is 58.1 Å². The lowest BCUT2D eigenvalue weighted by Crippen LogP contribution is -2.41. The van der Waals surface area contributed by atoms with Gasteiger partial charge < -0.3 is 24.6 Å². The third-order valence-corrected chi connectivity index (χ3v) is 5.52. The third-order valence-electron chi connectivity index (χ3n) is 5.52. The normalized spacial score (nSPS) is 19.8. The Labute approximate surface area is 169 Å². The largest absolute Gasteiger partial charge is 0.497 e. The number of likely N-dealkylation sites (N-methyl/N-ethyl adjacent to an activating group) is 1.